The van der Waals surface area contributed by atoms with Crippen LogP contribution in [-0.2, 0) is 0 Å². The van der Waals surface area contributed by atoms with Crippen molar-refractivity contribution in [3.05, 3.63) is 48.2 Å². The molecule has 0 radical (unpaired) electrons. The number of piperidine rings is 1. The Morgan fingerprint density at radius 1 is 1.19 bits per heavy atom. The van der Waals surface area contributed by atoms with Crippen LogP contribution in [-0.4, -0.2) is 18.0 Å². The van der Waals surface area contributed by atoms with Gasteiger partial charge in [-0.05, 0) is 44.6 Å². The quantitative estimate of drug-likeness (QED) is 0.584. The van der Waals surface area contributed by atoms with E-state index in [9.17, 15) is 0 Å². The molecular formula is C20H33N. The minimum Gasteiger partial charge on any atom is -0.375 e. The summed E-state index contributed by atoms with van der Waals surface area (Å²) in [5, 5.41) is 0. The van der Waals surface area contributed by atoms with Crippen LogP contribution < -0.4 is 0 Å². The first-order valence-corrected chi connectivity index (χ1v) is 8.56. The van der Waals surface area contributed by atoms with Crippen LogP contribution in [0.2, 0.25) is 0 Å². The lowest BCUT2D eigenvalue weighted by molar-refractivity contribution is 0.189. The Morgan fingerprint density at radius 3 is 2.24 bits per heavy atom. The van der Waals surface area contributed by atoms with Gasteiger partial charge in [-0.15, -0.1) is 0 Å². The van der Waals surface area contributed by atoms with Crippen LogP contribution in [0.3, 0.4) is 0 Å². The van der Waals surface area contributed by atoms with Gasteiger partial charge in [0.05, 0.1) is 0 Å². The van der Waals surface area contributed by atoms with Crippen molar-refractivity contribution in [3.8, 4) is 0 Å². The van der Waals surface area contributed by atoms with Gasteiger partial charge < -0.3 is 4.90 Å². The highest BCUT2D eigenvalue weighted by molar-refractivity contribution is 5.37. The summed E-state index contributed by atoms with van der Waals surface area (Å²) in [6, 6.07) is 0. The first-order valence-electron chi connectivity index (χ1n) is 8.56. The molecule has 1 aliphatic carbocycles. The monoisotopic (exact) mass is 287 g/mol. The van der Waals surface area contributed by atoms with Crippen molar-refractivity contribution >= 4 is 0 Å². The molecule has 0 aromatic heterocycles. The van der Waals surface area contributed by atoms with Gasteiger partial charge in [0, 0.05) is 24.2 Å². The molecule has 0 saturated carbocycles. The largest absolute Gasteiger partial charge is 0.375 e. The van der Waals surface area contributed by atoms with Gasteiger partial charge in [0.1, 0.15) is 0 Å². The first kappa shape index (κ1) is 17.8. The zero-order chi connectivity index (χ0) is 15.9. The van der Waals surface area contributed by atoms with Gasteiger partial charge in [-0.1, -0.05) is 57.7 Å². The average Bonchev–Trinajstić information content (AvgIpc) is 2.56. The molecule has 1 fully saturated rings. The molecule has 1 heterocycles. The molecule has 0 N–H and O–H groups in total. The molecule has 0 spiro atoms. The van der Waals surface area contributed by atoms with Gasteiger partial charge in [0.25, 0.3) is 0 Å². The molecular weight excluding hydrogens is 254 g/mol. The summed E-state index contributed by atoms with van der Waals surface area (Å²) in [5.74, 6) is 0. The Balaban J connectivity index is 0.00000106. The van der Waals surface area contributed by atoms with Crippen LogP contribution in [0.15, 0.2) is 48.2 Å². The fraction of sp³-hybridized carbons (Fsp3) is 0.600. The number of rotatable bonds is 4. The maximum Gasteiger partial charge on any atom is 0.0186 e. The summed E-state index contributed by atoms with van der Waals surface area (Å²) in [7, 11) is 0. The maximum absolute atomic E-state index is 4.30. The predicted molar refractivity (Wildman–Crippen MR) is 95.3 cm³/mol. The highest BCUT2D eigenvalue weighted by atomic mass is 15.1. The third kappa shape index (κ3) is 3.90. The van der Waals surface area contributed by atoms with Crippen LogP contribution in [0.25, 0.3) is 0 Å². The second kappa shape index (κ2) is 8.26. The molecule has 1 nitrogen and oxygen atoms in total. The lowest BCUT2D eigenvalue weighted by Crippen LogP contribution is -2.40. The van der Waals surface area contributed by atoms with E-state index in [1.165, 1.54) is 42.5 Å². The fourth-order valence-electron chi connectivity index (χ4n) is 3.36. The SMILES string of the molecule is C=C(CC)N1CCC(C(=C)C)(C2=CCCC=C2)CC1.CC. The Morgan fingerprint density at radius 2 is 1.81 bits per heavy atom. The van der Waals surface area contributed by atoms with Gasteiger partial charge in [-0.3, -0.25) is 0 Å². The Hall–Kier alpha value is -1.24. The van der Waals surface area contributed by atoms with Crippen molar-refractivity contribution in [1.82, 2.24) is 4.90 Å². The molecule has 1 heteroatoms. The third-order valence-electron chi connectivity index (χ3n) is 4.84. The van der Waals surface area contributed by atoms with Crippen molar-refractivity contribution < 1.29 is 0 Å². The Bertz CT molecular complexity index is 417. The van der Waals surface area contributed by atoms with E-state index in [1.807, 2.05) is 13.8 Å². The molecule has 2 aliphatic rings. The van der Waals surface area contributed by atoms with Crippen LogP contribution in [0.1, 0.15) is 59.8 Å². The number of nitrogens with zero attached hydrogens (tertiary/aromatic N) is 1. The normalized spacial score (nSPS) is 20.2. The first-order chi connectivity index (χ1) is 10.1. The Labute approximate surface area is 132 Å². The molecule has 0 bridgehead atoms. The van der Waals surface area contributed by atoms with Gasteiger partial charge in [0.2, 0.25) is 0 Å². The third-order valence-corrected chi connectivity index (χ3v) is 4.84. The highest BCUT2D eigenvalue weighted by Crippen LogP contribution is 2.46. The summed E-state index contributed by atoms with van der Waals surface area (Å²) in [4.78, 5) is 2.45. The molecule has 21 heavy (non-hydrogen) atoms. The smallest absolute Gasteiger partial charge is 0.0186 e. The minimum absolute atomic E-state index is 0.210. The van der Waals surface area contributed by atoms with Crippen molar-refractivity contribution in [1.29, 1.82) is 0 Å². The van der Waals surface area contributed by atoms with Gasteiger partial charge >= 0.3 is 0 Å². The van der Waals surface area contributed by atoms with E-state index in [-0.39, 0.29) is 5.41 Å². The summed E-state index contributed by atoms with van der Waals surface area (Å²) in [6.45, 7) is 19.1. The second-order valence-electron chi connectivity index (χ2n) is 5.91. The van der Waals surface area contributed by atoms with E-state index in [4.69, 9.17) is 0 Å². The lowest BCUT2D eigenvalue weighted by Gasteiger charge is -2.45. The van der Waals surface area contributed by atoms with Crippen molar-refractivity contribution in [2.75, 3.05) is 13.1 Å². The van der Waals surface area contributed by atoms with E-state index in [2.05, 4.69) is 50.1 Å². The van der Waals surface area contributed by atoms with E-state index in [1.54, 1.807) is 0 Å². The van der Waals surface area contributed by atoms with E-state index in [0.717, 1.165) is 19.5 Å². The molecule has 0 atom stereocenters. The van der Waals surface area contributed by atoms with Crippen molar-refractivity contribution in [3.63, 3.8) is 0 Å². The van der Waals surface area contributed by atoms with Gasteiger partial charge in [-0.2, -0.15) is 0 Å². The zero-order valence-electron chi connectivity index (χ0n) is 14.5. The summed E-state index contributed by atoms with van der Waals surface area (Å²) < 4.78 is 0. The molecule has 0 aromatic carbocycles. The van der Waals surface area contributed by atoms with Gasteiger partial charge in [0.15, 0.2) is 0 Å². The number of hydrogen-bond acceptors (Lipinski definition) is 1. The number of likely N-dealkylation sites (tertiary alicyclic amines) is 1. The topological polar surface area (TPSA) is 3.24 Å². The van der Waals surface area contributed by atoms with Crippen molar-refractivity contribution in [2.24, 2.45) is 5.41 Å². The molecule has 1 aliphatic heterocycles. The fourth-order valence-corrected chi connectivity index (χ4v) is 3.36. The van der Waals surface area contributed by atoms with E-state index in [0.29, 0.717) is 0 Å². The molecule has 0 unspecified atom stereocenters. The minimum atomic E-state index is 0.210. The summed E-state index contributed by atoms with van der Waals surface area (Å²) in [5.41, 5.74) is 4.32. The Kier molecular flexibility index (Phi) is 7.01. The summed E-state index contributed by atoms with van der Waals surface area (Å²) >= 11 is 0. The molecule has 118 valence electrons. The van der Waals surface area contributed by atoms with Crippen LogP contribution in [0, 0.1) is 5.41 Å². The lowest BCUT2D eigenvalue weighted by atomic mass is 9.67. The number of allylic oxidation sites excluding steroid dienone is 6. The molecule has 1 saturated heterocycles. The van der Waals surface area contributed by atoms with Gasteiger partial charge in [-0.25, -0.2) is 0 Å². The molecule has 0 amide bonds. The van der Waals surface area contributed by atoms with Crippen LogP contribution >= 0.6 is 0 Å². The molecule has 2 rings (SSSR count). The maximum atomic E-state index is 4.30. The summed E-state index contributed by atoms with van der Waals surface area (Å²) in [6.07, 6.45) is 12.9. The highest BCUT2D eigenvalue weighted by Gasteiger charge is 2.37. The number of hydrogen-bond donors (Lipinski definition) is 0. The predicted octanol–water partition coefficient (Wildman–Crippen LogP) is 5.87. The van der Waals surface area contributed by atoms with Crippen molar-refractivity contribution in [2.45, 2.75) is 59.8 Å². The van der Waals surface area contributed by atoms with Crippen LogP contribution in [0.5, 0.6) is 0 Å². The zero-order valence-corrected chi connectivity index (χ0v) is 14.5. The standard InChI is InChI=1S/C18H27N.C2H6/c1-5-16(4)19-13-11-18(12-14-19,15(2)3)17-9-7-6-8-10-17;1-2/h7,9-10H,2,4-6,8,11-14H2,1,3H3;1-2H3. The average molecular weight is 287 g/mol. The second-order valence-corrected chi connectivity index (χ2v) is 5.91. The molecule has 0 aromatic rings. The van der Waals surface area contributed by atoms with E-state index >= 15 is 0 Å². The van der Waals surface area contributed by atoms with E-state index < -0.39 is 0 Å². The van der Waals surface area contributed by atoms with Crippen LogP contribution in [0.4, 0.5) is 0 Å².